The maximum atomic E-state index is 6.28. The number of rotatable bonds is 7. The molecule has 2 rings (SSSR count). The van der Waals surface area contributed by atoms with Crippen LogP contribution in [0.3, 0.4) is 0 Å². The number of benzene rings is 1. The summed E-state index contributed by atoms with van der Waals surface area (Å²) in [5.41, 5.74) is 2.45. The lowest BCUT2D eigenvalue weighted by molar-refractivity contribution is 0.304. The van der Waals surface area contributed by atoms with Crippen LogP contribution in [0.15, 0.2) is 48.8 Å². The van der Waals surface area contributed by atoms with E-state index in [4.69, 9.17) is 11.6 Å². The van der Waals surface area contributed by atoms with E-state index in [2.05, 4.69) is 40.4 Å². The Morgan fingerprint density at radius 1 is 1.19 bits per heavy atom. The minimum atomic E-state index is 0.276. The van der Waals surface area contributed by atoms with E-state index in [0.29, 0.717) is 0 Å². The molecular weight excluding hydrogens is 282 g/mol. The van der Waals surface area contributed by atoms with Crippen LogP contribution in [0, 0.1) is 0 Å². The van der Waals surface area contributed by atoms with Gasteiger partial charge in [-0.2, -0.15) is 0 Å². The van der Waals surface area contributed by atoms with Gasteiger partial charge in [-0.15, -0.1) is 0 Å². The summed E-state index contributed by atoms with van der Waals surface area (Å²) in [5.74, 6) is 0. The summed E-state index contributed by atoms with van der Waals surface area (Å²) in [5, 5.41) is 4.18. The van der Waals surface area contributed by atoms with E-state index in [1.807, 2.05) is 37.6 Å². The van der Waals surface area contributed by atoms with Gasteiger partial charge in [0.2, 0.25) is 0 Å². The molecule has 0 saturated carbocycles. The predicted molar refractivity (Wildman–Crippen MR) is 88.4 cm³/mol. The molecule has 0 spiro atoms. The number of hydrogen-bond acceptors (Lipinski definition) is 3. The Kier molecular flexibility index (Phi) is 6.18. The van der Waals surface area contributed by atoms with Gasteiger partial charge in [-0.05, 0) is 56.4 Å². The quantitative estimate of drug-likeness (QED) is 0.848. The molecule has 1 atom stereocenters. The Balaban J connectivity index is 1.90. The van der Waals surface area contributed by atoms with Crippen molar-refractivity contribution in [1.82, 2.24) is 15.2 Å². The summed E-state index contributed by atoms with van der Waals surface area (Å²) in [6.45, 7) is 1.93. The summed E-state index contributed by atoms with van der Waals surface area (Å²) < 4.78 is 0. The van der Waals surface area contributed by atoms with Crippen LogP contribution >= 0.6 is 11.6 Å². The second-order valence-corrected chi connectivity index (χ2v) is 5.65. The molecule has 0 aliphatic heterocycles. The van der Waals surface area contributed by atoms with Crippen molar-refractivity contribution in [3.05, 3.63) is 64.9 Å². The smallest absolute Gasteiger partial charge is 0.0453 e. The molecule has 0 fully saturated rings. The maximum Gasteiger partial charge on any atom is 0.0453 e. The molecule has 0 aliphatic carbocycles. The van der Waals surface area contributed by atoms with Gasteiger partial charge in [0.05, 0.1) is 0 Å². The Hall–Kier alpha value is -1.42. The van der Waals surface area contributed by atoms with E-state index in [1.165, 1.54) is 11.1 Å². The average Bonchev–Trinajstić information content (AvgIpc) is 2.50. The highest BCUT2D eigenvalue weighted by molar-refractivity contribution is 6.31. The third kappa shape index (κ3) is 4.81. The predicted octanol–water partition coefficient (Wildman–Crippen LogP) is 3.52. The standard InChI is InChI=1S/C17H22ClN3/c1-19-17(15-5-3-4-6-16(15)18)9-12-21(2)13-14-7-10-20-11-8-14/h3-8,10-11,17,19H,9,12-13H2,1-2H3. The summed E-state index contributed by atoms with van der Waals surface area (Å²) in [6, 6.07) is 12.4. The van der Waals surface area contributed by atoms with Crippen LogP contribution in [0.4, 0.5) is 0 Å². The molecule has 112 valence electrons. The first-order valence-corrected chi connectivity index (χ1v) is 7.57. The van der Waals surface area contributed by atoms with Gasteiger partial charge in [0.15, 0.2) is 0 Å². The Morgan fingerprint density at radius 2 is 1.90 bits per heavy atom. The van der Waals surface area contributed by atoms with Gasteiger partial charge in [0.1, 0.15) is 0 Å². The zero-order valence-electron chi connectivity index (χ0n) is 12.6. The molecule has 1 aromatic heterocycles. The number of halogens is 1. The fourth-order valence-electron chi connectivity index (χ4n) is 2.44. The van der Waals surface area contributed by atoms with Crippen LogP contribution in [0.5, 0.6) is 0 Å². The molecule has 0 bridgehead atoms. The fourth-order valence-corrected chi connectivity index (χ4v) is 2.71. The average molecular weight is 304 g/mol. The van der Waals surface area contributed by atoms with Crippen molar-refractivity contribution in [2.24, 2.45) is 0 Å². The lowest BCUT2D eigenvalue weighted by Crippen LogP contribution is -2.25. The monoisotopic (exact) mass is 303 g/mol. The topological polar surface area (TPSA) is 28.2 Å². The highest BCUT2D eigenvalue weighted by atomic mass is 35.5. The van der Waals surface area contributed by atoms with E-state index in [0.717, 1.165) is 24.5 Å². The van der Waals surface area contributed by atoms with Gasteiger partial charge in [-0.3, -0.25) is 4.98 Å². The molecule has 4 heteroatoms. The zero-order chi connectivity index (χ0) is 15.1. The minimum Gasteiger partial charge on any atom is -0.313 e. The van der Waals surface area contributed by atoms with E-state index < -0.39 is 0 Å². The van der Waals surface area contributed by atoms with Gasteiger partial charge < -0.3 is 10.2 Å². The van der Waals surface area contributed by atoms with Crippen LogP contribution in [-0.2, 0) is 6.54 Å². The van der Waals surface area contributed by atoms with Crippen molar-refractivity contribution in [3.8, 4) is 0 Å². The molecule has 0 amide bonds. The SMILES string of the molecule is CNC(CCN(C)Cc1ccncc1)c1ccccc1Cl. The van der Waals surface area contributed by atoms with Gasteiger partial charge in [0.25, 0.3) is 0 Å². The number of aromatic nitrogens is 1. The molecule has 1 aromatic carbocycles. The molecule has 0 radical (unpaired) electrons. The molecule has 1 N–H and O–H groups in total. The number of hydrogen-bond donors (Lipinski definition) is 1. The molecule has 3 nitrogen and oxygen atoms in total. The summed E-state index contributed by atoms with van der Waals surface area (Å²) in [7, 11) is 4.12. The molecule has 21 heavy (non-hydrogen) atoms. The van der Waals surface area contributed by atoms with E-state index >= 15 is 0 Å². The van der Waals surface area contributed by atoms with Crippen molar-refractivity contribution in [3.63, 3.8) is 0 Å². The highest BCUT2D eigenvalue weighted by Gasteiger charge is 2.13. The number of pyridine rings is 1. The molecule has 1 unspecified atom stereocenters. The van der Waals surface area contributed by atoms with Crippen LogP contribution in [-0.4, -0.2) is 30.5 Å². The minimum absolute atomic E-state index is 0.276. The first kappa shape index (κ1) is 16.0. The number of nitrogens with one attached hydrogen (secondary N) is 1. The molecule has 0 saturated heterocycles. The van der Waals surface area contributed by atoms with E-state index in [-0.39, 0.29) is 6.04 Å². The lowest BCUT2D eigenvalue weighted by atomic mass is 10.0. The van der Waals surface area contributed by atoms with E-state index in [1.54, 1.807) is 0 Å². The van der Waals surface area contributed by atoms with Crippen molar-refractivity contribution < 1.29 is 0 Å². The largest absolute Gasteiger partial charge is 0.313 e. The van der Waals surface area contributed by atoms with Crippen LogP contribution in [0.2, 0.25) is 5.02 Å². The van der Waals surface area contributed by atoms with Crippen LogP contribution < -0.4 is 5.32 Å². The van der Waals surface area contributed by atoms with Crippen LogP contribution in [0.1, 0.15) is 23.6 Å². The highest BCUT2D eigenvalue weighted by Crippen LogP contribution is 2.24. The van der Waals surface area contributed by atoms with Gasteiger partial charge >= 0.3 is 0 Å². The fraction of sp³-hybridized carbons (Fsp3) is 0.353. The van der Waals surface area contributed by atoms with E-state index in [9.17, 15) is 0 Å². The van der Waals surface area contributed by atoms with Crippen molar-refractivity contribution >= 4 is 11.6 Å². The maximum absolute atomic E-state index is 6.28. The second-order valence-electron chi connectivity index (χ2n) is 5.24. The van der Waals surface area contributed by atoms with Crippen molar-refractivity contribution in [2.45, 2.75) is 19.0 Å². The first-order valence-electron chi connectivity index (χ1n) is 7.20. The molecule has 1 heterocycles. The zero-order valence-corrected chi connectivity index (χ0v) is 13.3. The van der Waals surface area contributed by atoms with Gasteiger partial charge in [-0.25, -0.2) is 0 Å². The summed E-state index contributed by atoms with van der Waals surface area (Å²) >= 11 is 6.28. The second kappa shape index (κ2) is 8.13. The van der Waals surface area contributed by atoms with Gasteiger partial charge in [0, 0.05) is 30.0 Å². The Labute approximate surface area is 132 Å². The summed E-state index contributed by atoms with van der Waals surface area (Å²) in [6.07, 6.45) is 4.69. The Morgan fingerprint density at radius 3 is 2.57 bits per heavy atom. The van der Waals surface area contributed by atoms with Crippen LogP contribution in [0.25, 0.3) is 0 Å². The summed E-state index contributed by atoms with van der Waals surface area (Å²) in [4.78, 5) is 6.36. The van der Waals surface area contributed by atoms with Crippen molar-refractivity contribution in [2.75, 3.05) is 20.6 Å². The van der Waals surface area contributed by atoms with Crippen molar-refractivity contribution in [1.29, 1.82) is 0 Å². The number of nitrogens with zero attached hydrogens (tertiary/aromatic N) is 2. The molecule has 2 aromatic rings. The lowest BCUT2D eigenvalue weighted by Gasteiger charge is -2.22. The normalized spacial score (nSPS) is 12.6. The Bertz CT molecular complexity index is 545. The molecular formula is C17H22ClN3. The first-order chi connectivity index (χ1) is 10.2. The third-order valence-electron chi connectivity index (χ3n) is 3.63. The third-order valence-corrected chi connectivity index (χ3v) is 3.97. The molecule has 0 aliphatic rings. The van der Waals surface area contributed by atoms with Gasteiger partial charge in [-0.1, -0.05) is 29.8 Å².